The summed E-state index contributed by atoms with van der Waals surface area (Å²) >= 11 is 0. The third kappa shape index (κ3) is 4.07. The number of hydrogen-bond donors (Lipinski definition) is 2. The van der Waals surface area contributed by atoms with Crippen molar-refractivity contribution >= 4 is 10.9 Å². The predicted molar refractivity (Wildman–Crippen MR) is 98.0 cm³/mol. The van der Waals surface area contributed by atoms with Gasteiger partial charge in [0.05, 0.1) is 25.8 Å². The summed E-state index contributed by atoms with van der Waals surface area (Å²) in [5, 5.41) is 14.6. The maximum atomic E-state index is 10.3. The van der Waals surface area contributed by atoms with Crippen molar-refractivity contribution < 1.29 is 14.6 Å². The van der Waals surface area contributed by atoms with Gasteiger partial charge in [0.15, 0.2) is 0 Å². The summed E-state index contributed by atoms with van der Waals surface area (Å²) in [5.74, 6) is 1.38. The molecule has 0 aliphatic heterocycles. The number of pyridine rings is 1. The lowest BCUT2D eigenvalue weighted by Gasteiger charge is -2.14. The Bertz CT molecular complexity index is 834. The summed E-state index contributed by atoms with van der Waals surface area (Å²) < 4.78 is 10.5. The topological polar surface area (TPSA) is 63.6 Å². The molecular weight excluding hydrogens is 316 g/mol. The molecule has 5 heteroatoms. The Kier molecular flexibility index (Phi) is 5.48. The average molecular weight is 338 g/mol. The zero-order valence-electron chi connectivity index (χ0n) is 14.4. The Morgan fingerprint density at radius 3 is 2.52 bits per heavy atom. The molecule has 0 amide bonds. The van der Waals surface area contributed by atoms with Crippen molar-refractivity contribution in [2.45, 2.75) is 12.6 Å². The number of nitrogens with zero attached hydrogens (tertiary/aromatic N) is 1. The summed E-state index contributed by atoms with van der Waals surface area (Å²) in [7, 11) is 3.24. The number of aliphatic hydroxyl groups excluding tert-OH is 1. The largest absolute Gasteiger partial charge is 0.497 e. The van der Waals surface area contributed by atoms with E-state index in [1.165, 1.54) is 0 Å². The first kappa shape index (κ1) is 17.2. The highest BCUT2D eigenvalue weighted by molar-refractivity contribution is 5.80. The van der Waals surface area contributed by atoms with E-state index >= 15 is 0 Å². The van der Waals surface area contributed by atoms with Gasteiger partial charge in [-0.15, -0.1) is 0 Å². The summed E-state index contributed by atoms with van der Waals surface area (Å²) in [5.41, 5.74) is 2.71. The van der Waals surface area contributed by atoms with Crippen LogP contribution in [-0.2, 0) is 6.54 Å². The summed E-state index contributed by atoms with van der Waals surface area (Å²) in [6, 6.07) is 17.4. The highest BCUT2D eigenvalue weighted by atomic mass is 16.5. The number of nitrogens with one attached hydrogen (secondary N) is 1. The second-order valence-electron chi connectivity index (χ2n) is 5.77. The Morgan fingerprint density at radius 1 is 1.04 bits per heavy atom. The highest BCUT2D eigenvalue weighted by Gasteiger charge is 2.10. The van der Waals surface area contributed by atoms with E-state index in [2.05, 4.69) is 16.4 Å². The highest BCUT2D eigenvalue weighted by Crippen LogP contribution is 2.22. The second-order valence-corrected chi connectivity index (χ2v) is 5.77. The number of aliphatic hydroxyl groups is 1. The van der Waals surface area contributed by atoms with Crippen LogP contribution < -0.4 is 14.8 Å². The Balaban J connectivity index is 1.65. The number of hydrogen-bond acceptors (Lipinski definition) is 5. The van der Waals surface area contributed by atoms with Crippen LogP contribution in [0.25, 0.3) is 10.9 Å². The quantitative estimate of drug-likeness (QED) is 0.693. The van der Waals surface area contributed by atoms with Gasteiger partial charge in [-0.05, 0) is 29.8 Å². The molecule has 2 aromatic carbocycles. The van der Waals surface area contributed by atoms with Crippen LogP contribution in [0, 0.1) is 0 Å². The molecule has 0 aliphatic rings. The van der Waals surface area contributed by atoms with Crippen LogP contribution in [0.2, 0.25) is 0 Å². The fraction of sp³-hybridized carbons (Fsp3) is 0.250. The van der Waals surface area contributed by atoms with Crippen LogP contribution >= 0.6 is 0 Å². The van der Waals surface area contributed by atoms with E-state index in [0.29, 0.717) is 19.0 Å². The first-order valence-corrected chi connectivity index (χ1v) is 8.16. The van der Waals surface area contributed by atoms with Gasteiger partial charge < -0.3 is 19.9 Å². The van der Waals surface area contributed by atoms with Gasteiger partial charge in [0, 0.05) is 24.0 Å². The van der Waals surface area contributed by atoms with Crippen molar-refractivity contribution in [3.8, 4) is 11.6 Å². The summed E-state index contributed by atoms with van der Waals surface area (Å²) in [4.78, 5) is 4.53. The molecular formula is C20H22N2O3. The first-order chi connectivity index (χ1) is 12.2. The predicted octanol–water partition coefficient (Wildman–Crippen LogP) is 3.08. The maximum Gasteiger partial charge on any atom is 0.218 e. The van der Waals surface area contributed by atoms with Gasteiger partial charge in [0.25, 0.3) is 0 Å². The number of para-hydroxylation sites is 1. The van der Waals surface area contributed by atoms with E-state index in [0.717, 1.165) is 27.8 Å². The summed E-state index contributed by atoms with van der Waals surface area (Å²) in [6.45, 7) is 0.997. The molecule has 1 atom stereocenters. The van der Waals surface area contributed by atoms with Gasteiger partial charge in [-0.3, -0.25) is 0 Å². The van der Waals surface area contributed by atoms with Gasteiger partial charge in [-0.25, -0.2) is 4.98 Å². The third-order valence-corrected chi connectivity index (χ3v) is 4.11. The van der Waals surface area contributed by atoms with Crippen molar-refractivity contribution in [2.75, 3.05) is 20.8 Å². The number of rotatable bonds is 7. The molecule has 0 aliphatic carbocycles. The number of aromatic nitrogens is 1. The van der Waals surface area contributed by atoms with E-state index in [-0.39, 0.29) is 0 Å². The van der Waals surface area contributed by atoms with Crippen molar-refractivity contribution in [2.24, 2.45) is 0 Å². The second kappa shape index (κ2) is 7.96. The third-order valence-electron chi connectivity index (χ3n) is 4.11. The maximum absolute atomic E-state index is 10.3. The molecule has 130 valence electrons. The van der Waals surface area contributed by atoms with Crippen LogP contribution in [0.15, 0.2) is 54.6 Å². The minimum atomic E-state index is -0.592. The summed E-state index contributed by atoms with van der Waals surface area (Å²) in [6.07, 6.45) is -0.592. The van der Waals surface area contributed by atoms with Crippen LogP contribution in [0.1, 0.15) is 17.2 Å². The number of ether oxygens (including phenoxy) is 2. The standard InChI is InChI=1S/C20H22N2O3/c1-24-17-9-7-14(8-10-17)19(23)13-21-12-16-11-15-5-3-4-6-18(15)22-20(16)25-2/h3-11,19,21,23H,12-13H2,1-2H3. The molecule has 0 radical (unpaired) electrons. The minimum absolute atomic E-state index is 0.433. The monoisotopic (exact) mass is 338 g/mol. The van der Waals surface area contributed by atoms with Crippen molar-refractivity contribution in [3.63, 3.8) is 0 Å². The molecule has 0 fully saturated rings. The van der Waals surface area contributed by atoms with Gasteiger partial charge in [0.2, 0.25) is 5.88 Å². The molecule has 2 N–H and O–H groups in total. The molecule has 0 spiro atoms. The van der Waals surface area contributed by atoms with E-state index in [4.69, 9.17) is 9.47 Å². The molecule has 3 aromatic rings. The number of benzene rings is 2. The van der Waals surface area contributed by atoms with Gasteiger partial charge in [-0.1, -0.05) is 30.3 Å². The number of fused-ring (bicyclic) bond motifs is 1. The fourth-order valence-electron chi connectivity index (χ4n) is 2.73. The van der Waals surface area contributed by atoms with E-state index in [1.54, 1.807) is 14.2 Å². The molecule has 5 nitrogen and oxygen atoms in total. The molecule has 0 saturated carbocycles. The lowest BCUT2D eigenvalue weighted by atomic mass is 10.1. The SMILES string of the molecule is COc1ccc(C(O)CNCc2cc3ccccc3nc2OC)cc1. The number of methoxy groups -OCH3 is 2. The average Bonchev–Trinajstić information content (AvgIpc) is 2.67. The first-order valence-electron chi connectivity index (χ1n) is 8.16. The van der Waals surface area contributed by atoms with Crippen molar-refractivity contribution in [1.82, 2.24) is 10.3 Å². The molecule has 3 rings (SSSR count). The van der Waals surface area contributed by atoms with Crippen molar-refractivity contribution in [3.05, 3.63) is 65.7 Å². The minimum Gasteiger partial charge on any atom is -0.497 e. The normalized spacial score (nSPS) is 12.1. The molecule has 1 unspecified atom stereocenters. The smallest absolute Gasteiger partial charge is 0.218 e. The van der Waals surface area contributed by atoms with Gasteiger partial charge in [0.1, 0.15) is 5.75 Å². The zero-order chi connectivity index (χ0) is 17.6. The Labute approximate surface area is 147 Å². The molecule has 1 heterocycles. The molecule has 1 aromatic heterocycles. The van der Waals surface area contributed by atoms with Crippen molar-refractivity contribution in [1.29, 1.82) is 0 Å². The van der Waals surface area contributed by atoms with Gasteiger partial charge >= 0.3 is 0 Å². The van der Waals surface area contributed by atoms with E-state index in [9.17, 15) is 5.11 Å². The zero-order valence-corrected chi connectivity index (χ0v) is 14.4. The molecule has 0 saturated heterocycles. The van der Waals surface area contributed by atoms with Gasteiger partial charge in [-0.2, -0.15) is 0 Å². The van der Waals surface area contributed by atoms with Crippen LogP contribution in [0.5, 0.6) is 11.6 Å². The van der Waals surface area contributed by atoms with Crippen LogP contribution in [-0.4, -0.2) is 30.9 Å². The lowest BCUT2D eigenvalue weighted by molar-refractivity contribution is 0.174. The Hall–Kier alpha value is -2.63. The van der Waals surface area contributed by atoms with E-state index in [1.807, 2.05) is 48.5 Å². The fourth-order valence-corrected chi connectivity index (χ4v) is 2.73. The Morgan fingerprint density at radius 2 is 1.80 bits per heavy atom. The van der Waals surface area contributed by atoms with Crippen LogP contribution in [0.4, 0.5) is 0 Å². The van der Waals surface area contributed by atoms with Crippen LogP contribution in [0.3, 0.4) is 0 Å². The molecule has 0 bridgehead atoms. The lowest BCUT2D eigenvalue weighted by Crippen LogP contribution is -2.21. The molecule has 25 heavy (non-hydrogen) atoms. The van der Waals surface area contributed by atoms with E-state index < -0.39 is 6.10 Å².